The summed E-state index contributed by atoms with van der Waals surface area (Å²) in [5.41, 5.74) is 1.90. The van der Waals surface area contributed by atoms with E-state index in [0.29, 0.717) is 25.6 Å². The molecular formula is C19H27N5O2. The number of urea groups is 1. The third-order valence-electron chi connectivity index (χ3n) is 4.99. The first-order valence-electron chi connectivity index (χ1n) is 9.37. The van der Waals surface area contributed by atoms with Crippen LogP contribution in [0.3, 0.4) is 0 Å². The van der Waals surface area contributed by atoms with E-state index in [1.54, 1.807) is 4.90 Å². The van der Waals surface area contributed by atoms with Crippen molar-refractivity contribution in [3.8, 4) is 0 Å². The molecule has 0 saturated carbocycles. The quantitative estimate of drug-likeness (QED) is 0.834. The van der Waals surface area contributed by atoms with E-state index in [4.69, 9.17) is 0 Å². The molecule has 140 valence electrons. The highest BCUT2D eigenvalue weighted by Crippen LogP contribution is 2.27. The summed E-state index contributed by atoms with van der Waals surface area (Å²) in [7, 11) is 0. The van der Waals surface area contributed by atoms with Gasteiger partial charge in [0.15, 0.2) is 0 Å². The zero-order valence-corrected chi connectivity index (χ0v) is 15.7. The Hall–Kier alpha value is -2.57. The van der Waals surface area contributed by atoms with E-state index in [1.807, 2.05) is 49.6 Å². The van der Waals surface area contributed by atoms with E-state index in [9.17, 15) is 9.59 Å². The van der Waals surface area contributed by atoms with E-state index in [-0.39, 0.29) is 17.9 Å². The molecule has 0 unspecified atom stereocenters. The summed E-state index contributed by atoms with van der Waals surface area (Å²) < 4.78 is 2.05. The van der Waals surface area contributed by atoms with Gasteiger partial charge in [0.1, 0.15) is 6.04 Å². The topological polar surface area (TPSA) is 79.3 Å². The maximum Gasteiger partial charge on any atom is 0.324 e. The lowest BCUT2D eigenvalue weighted by molar-refractivity contribution is -0.124. The normalized spacial score (nSPS) is 15.6. The Balaban J connectivity index is 1.78. The van der Waals surface area contributed by atoms with Crippen molar-refractivity contribution in [3.63, 3.8) is 0 Å². The molecule has 2 aromatic rings. The van der Waals surface area contributed by atoms with Gasteiger partial charge in [0.05, 0.1) is 11.0 Å². The maximum absolute atomic E-state index is 12.9. The van der Waals surface area contributed by atoms with Crippen LogP contribution in [-0.2, 0) is 11.3 Å². The number of amides is 3. The molecule has 2 N–H and O–H groups in total. The number of aromatic nitrogens is 2. The van der Waals surface area contributed by atoms with E-state index >= 15 is 0 Å². The third kappa shape index (κ3) is 3.38. The van der Waals surface area contributed by atoms with Gasteiger partial charge in [-0.2, -0.15) is 0 Å². The van der Waals surface area contributed by atoms with Crippen molar-refractivity contribution in [3.05, 3.63) is 24.3 Å². The summed E-state index contributed by atoms with van der Waals surface area (Å²) >= 11 is 0. The molecule has 1 aliphatic rings. The molecule has 0 aliphatic carbocycles. The SMILES string of the molecule is CCCNC(=O)[C@@H](NC(=O)N1CCn2c1nc1ccccc12)[C@H](C)CC. The largest absolute Gasteiger partial charge is 0.354 e. The van der Waals surface area contributed by atoms with E-state index in [1.165, 1.54) is 0 Å². The lowest BCUT2D eigenvalue weighted by Gasteiger charge is -2.25. The summed E-state index contributed by atoms with van der Waals surface area (Å²) in [6.07, 6.45) is 1.67. The van der Waals surface area contributed by atoms with Crippen molar-refractivity contribution in [2.75, 3.05) is 18.0 Å². The Morgan fingerprint density at radius 2 is 2.00 bits per heavy atom. The van der Waals surface area contributed by atoms with Gasteiger partial charge in [0, 0.05) is 19.6 Å². The Morgan fingerprint density at radius 3 is 2.73 bits per heavy atom. The van der Waals surface area contributed by atoms with Gasteiger partial charge in [-0.1, -0.05) is 39.3 Å². The first kappa shape index (κ1) is 18.2. The first-order valence-corrected chi connectivity index (χ1v) is 9.37. The Morgan fingerprint density at radius 1 is 1.23 bits per heavy atom. The molecule has 1 aliphatic heterocycles. The summed E-state index contributed by atoms with van der Waals surface area (Å²) in [4.78, 5) is 31.6. The predicted octanol–water partition coefficient (Wildman–Crippen LogP) is 2.51. The first-order chi connectivity index (χ1) is 12.6. The van der Waals surface area contributed by atoms with Crippen LogP contribution in [0, 0.1) is 5.92 Å². The Bertz CT molecular complexity index is 800. The van der Waals surface area contributed by atoms with Crippen LogP contribution in [0.25, 0.3) is 11.0 Å². The molecular weight excluding hydrogens is 330 g/mol. The number of nitrogens with zero attached hydrogens (tertiary/aromatic N) is 3. The number of nitrogens with one attached hydrogen (secondary N) is 2. The van der Waals surface area contributed by atoms with Gasteiger partial charge in [-0.25, -0.2) is 9.78 Å². The number of fused-ring (bicyclic) bond motifs is 3. The second kappa shape index (κ2) is 7.76. The van der Waals surface area contributed by atoms with Crippen molar-refractivity contribution < 1.29 is 9.59 Å². The van der Waals surface area contributed by atoms with E-state index < -0.39 is 6.04 Å². The van der Waals surface area contributed by atoms with Crippen LogP contribution in [0.5, 0.6) is 0 Å². The van der Waals surface area contributed by atoms with Gasteiger partial charge >= 0.3 is 6.03 Å². The van der Waals surface area contributed by atoms with Crippen molar-refractivity contribution in [2.24, 2.45) is 5.92 Å². The Kier molecular flexibility index (Phi) is 5.44. The second-order valence-corrected chi connectivity index (χ2v) is 6.81. The molecule has 26 heavy (non-hydrogen) atoms. The van der Waals surface area contributed by atoms with Crippen LogP contribution in [0.15, 0.2) is 24.3 Å². The average molecular weight is 357 g/mol. The molecule has 1 aromatic heterocycles. The minimum absolute atomic E-state index is 0.0530. The van der Waals surface area contributed by atoms with Gasteiger partial charge in [-0.3, -0.25) is 9.69 Å². The van der Waals surface area contributed by atoms with Crippen LogP contribution in [-0.4, -0.2) is 40.6 Å². The number of hydrogen-bond donors (Lipinski definition) is 2. The van der Waals surface area contributed by atoms with Crippen LogP contribution >= 0.6 is 0 Å². The van der Waals surface area contributed by atoms with Crippen LogP contribution in [0.2, 0.25) is 0 Å². The fourth-order valence-corrected chi connectivity index (χ4v) is 3.25. The summed E-state index contributed by atoms with van der Waals surface area (Å²) in [6, 6.07) is 7.04. The number of rotatable bonds is 6. The molecule has 2 heterocycles. The lowest BCUT2D eigenvalue weighted by atomic mass is 9.98. The summed E-state index contributed by atoms with van der Waals surface area (Å²) in [5.74, 6) is 0.569. The number of para-hydroxylation sites is 2. The molecule has 0 spiro atoms. The molecule has 7 nitrogen and oxygen atoms in total. The molecule has 0 fully saturated rings. The average Bonchev–Trinajstić information content (AvgIpc) is 3.22. The fraction of sp³-hybridized carbons (Fsp3) is 0.526. The molecule has 3 amide bonds. The van der Waals surface area contributed by atoms with Crippen molar-refractivity contribution >= 4 is 28.9 Å². The van der Waals surface area contributed by atoms with Gasteiger partial charge in [-0.15, -0.1) is 0 Å². The van der Waals surface area contributed by atoms with E-state index in [2.05, 4.69) is 15.6 Å². The zero-order chi connectivity index (χ0) is 18.7. The molecule has 0 saturated heterocycles. The highest BCUT2D eigenvalue weighted by atomic mass is 16.2. The molecule has 0 bridgehead atoms. The van der Waals surface area contributed by atoms with Gasteiger partial charge in [0.25, 0.3) is 0 Å². The monoisotopic (exact) mass is 357 g/mol. The number of hydrogen-bond acceptors (Lipinski definition) is 3. The van der Waals surface area contributed by atoms with Gasteiger partial charge < -0.3 is 15.2 Å². The second-order valence-electron chi connectivity index (χ2n) is 6.81. The molecule has 1 aromatic carbocycles. The minimum atomic E-state index is -0.544. The van der Waals surface area contributed by atoms with Crippen LogP contribution in [0.1, 0.15) is 33.6 Å². The van der Waals surface area contributed by atoms with Gasteiger partial charge in [0.2, 0.25) is 11.9 Å². The summed E-state index contributed by atoms with van der Waals surface area (Å²) in [5, 5.41) is 5.82. The number of carbonyl (C=O) groups excluding carboxylic acids is 2. The third-order valence-corrected chi connectivity index (χ3v) is 4.99. The minimum Gasteiger partial charge on any atom is -0.354 e. The van der Waals surface area contributed by atoms with Crippen LogP contribution in [0.4, 0.5) is 10.7 Å². The number of benzene rings is 1. The van der Waals surface area contributed by atoms with Gasteiger partial charge in [-0.05, 0) is 24.5 Å². The van der Waals surface area contributed by atoms with Crippen molar-refractivity contribution in [1.82, 2.24) is 20.2 Å². The standard InChI is InChI=1S/C19H27N5O2/c1-4-10-20-17(25)16(13(3)5-2)22-19(26)24-12-11-23-15-9-7-6-8-14(15)21-18(23)24/h6-9,13,16H,4-5,10-12H2,1-3H3,(H,20,25)(H,22,26)/t13-,16+/m1/s1. The molecule has 3 rings (SSSR count). The maximum atomic E-state index is 12.9. The number of imidazole rings is 1. The van der Waals surface area contributed by atoms with Crippen molar-refractivity contribution in [2.45, 2.75) is 46.2 Å². The molecule has 7 heteroatoms. The number of carbonyl (C=O) groups is 2. The fourth-order valence-electron chi connectivity index (χ4n) is 3.25. The van der Waals surface area contributed by atoms with Crippen molar-refractivity contribution in [1.29, 1.82) is 0 Å². The highest BCUT2D eigenvalue weighted by molar-refractivity contribution is 5.96. The highest BCUT2D eigenvalue weighted by Gasteiger charge is 2.32. The zero-order valence-electron chi connectivity index (χ0n) is 15.7. The molecule has 0 radical (unpaired) electrons. The smallest absolute Gasteiger partial charge is 0.324 e. The predicted molar refractivity (Wildman–Crippen MR) is 102 cm³/mol. The molecule has 2 atom stereocenters. The van der Waals surface area contributed by atoms with Crippen LogP contribution < -0.4 is 15.5 Å². The lowest BCUT2D eigenvalue weighted by Crippen LogP contribution is -2.54. The summed E-state index contributed by atoms with van der Waals surface area (Å²) in [6.45, 7) is 7.89. The Labute approximate surface area is 153 Å². The van der Waals surface area contributed by atoms with E-state index in [0.717, 1.165) is 23.9 Å². The number of anilines is 1.